The summed E-state index contributed by atoms with van der Waals surface area (Å²) >= 11 is 3.00. The maximum absolute atomic E-state index is 11.5. The van der Waals surface area contributed by atoms with Crippen molar-refractivity contribution >= 4 is 34.8 Å². The number of nitrogens with two attached hydrogens (primary N) is 1. The Balaban J connectivity index is 1.89. The molecule has 3 aromatic rings. The number of ether oxygens (including phenoxy) is 1. The SMILES string of the molecule is COc1ccc([C@H](Sc2cc(Cc3ccc(C)s3)ccc2N)[C@@H](O)C(=O)O)cc1. The molecule has 0 amide bonds. The minimum absolute atomic E-state index is 0.553. The second kappa shape index (κ2) is 9.35. The lowest BCUT2D eigenvalue weighted by molar-refractivity contribution is -0.146. The highest BCUT2D eigenvalue weighted by Gasteiger charge is 2.29. The van der Waals surface area contributed by atoms with Gasteiger partial charge in [0.2, 0.25) is 0 Å². The zero-order valence-electron chi connectivity index (χ0n) is 16.2. The number of benzene rings is 2. The molecule has 4 N–H and O–H groups in total. The summed E-state index contributed by atoms with van der Waals surface area (Å²) in [7, 11) is 1.56. The van der Waals surface area contributed by atoms with E-state index in [4.69, 9.17) is 10.5 Å². The fourth-order valence-corrected chi connectivity index (χ4v) is 5.11. The summed E-state index contributed by atoms with van der Waals surface area (Å²) in [5, 5.41) is 19.0. The number of carbonyl (C=O) groups is 1. The Morgan fingerprint density at radius 1 is 1.17 bits per heavy atom. The van der Waals surface area contributed by atoms with Gasteiger partial charge in [-0.1, -0.05) is 18.2 Å². The second-order valence-electron chi connectivity index (χ2n) is 6.66. The molecule has 0 aliphatic carbocycles. The molecule has 1 heterocycles. The standard InChI is InChI=1S/C22H23NO4S2/c1-13-3-9-17(28-13)11-14-4-10-18(23)19(12-14)29-21(20(24)22(25)26)15-5-7-16(27-2)8-6-15/h3-10,12,20-21,24H,11,23H2,1-2H3,(H,25,26)/t20-,21+/m1/s1. The lowest BCUT2D eigenvalue weighted by Gasteiger charge is -2.21. The molecule has 7 heteroatoms. The van der Waals surface area contributed by atoms with Crippen LogP contribution in [0.2, 0.25) is 0 Å². The number of thiophene rings is 1. The van der Waals surface area contributed by atoms with E-state index < -0.39 is 17.3 Å². The van der Waals surface area contributed by atoms with Crippen LogP contribution in [0.25, 0.3) is 0 Å². The maximum Gasteiger partial charge on any atom is 0.334 e. The summed E-state index contributed by atoms with van der Waals surface area (Å²) in [4.78, 5) is 14.8. The molecule has 0 aliphatic heterocycles. The molecule has 2 aromatic carbocycles. The number of aliphatic hydroxyl groups is 1. The molecule has 1 aromatic heterocycles. The van der Waals surface area contributed by atoms with E-state index in [9.17, 15) is 15.0 Å². The number of aliphatic hydroxyl groups excluding tert-OH is 1. The van der Waals surface area contributed by atoms with E-state index in [0.717, 1.165) is 16.9 Å². The summed E-state index contributed by atoms with van der Waals surface area (Å²) in [6, 6.07) is 17.0. The van der Waals surface area contributed by atoms with E-state index in [1.165, 1.54) is 21.5 Å². The monoisotopic (exact) mass is 429 g/mol. The minimum Gasteiger partial charge on any atom is -0.497 e. The van der Waals surface area contributed by atoms with Gasteiger partial charge in [-0.15, -0.1) is 23.1 Å². The maximum atomic E-state index is 11.5. The number of aryl methyl sites for hydroxylation is 1. The van der Waals surface area contributed by atoms with Gasteiger partial charge in [0, 0.05) is 26.8 Å². The van der Waals surface area contributed by atoms with Gasteiger partial charge in [0.1, 0.15) is 5.75 Å². The number of aliphatic carboxylic acids is 1. The van der Waals surface area contributed by atoms with E-state index in [2.05, 4.69) is 19.1 Å². The highest BCUT2D eigenvalue weighted by molar-refractivity contribution is 7.99. The van der Waals surface area contributed by atoms with Gasteiger partial charge in [0.25, 0.3) is 0 Å². The van der Waals surface area contributed by atoms with E-state index >= 15 is 0 Å². The van der Waals surface area contributed by atoms with Gasteiger partial charge in [0.05, 0.1) is 12.4 Å². The molecule has 0 bridgehead atoms. The number of anilines is 1. The predicted octanol–water partition coefficient (Wildman–Crippen LogP) is 4.52. The molecule has 0 saturated heterocycles. The second-order valence-corrected chi connectivity index (χ2v) is 9.21. The topological polar surface area (TPSA) is 92.8 Å². The average Bonchev–Trinajstić information content (AvgIpc) is 3.12. The first-order valence-electron chi connectivity index (χ1n) is 9.02. The van der Waals surface area contributed by atoms with Crippen LogP contribution < -0.4 is 10.5 Å². The highest BCUT2D eigenvalue weighted by Crippen LogP contribution is 2.41. The summed E-state index contributed by atoms with van der Waals surface area (Å²) in [5.41, 5.74) is 8.49. The molecule has 29 heavy (non-hydrogen) atoms. The third kappa shape index (κ3) is 5.32. The Hall–Kier alpha value is -2.48. The lowest BCUT2D eigenvalue weighted by atomic mass is 10.1. The molecular weight excluding hydrogens is 406 g/mol. The molecule has 152 valence electrons. The molecule has 5 nitrogen and oxygen atoms in total. The van der Waals surface area contributed by atoms with Crippen LogP contribution in [0, 0.1) is 6.92 Å². The van der Waals surface area contributed by atoms with Crippen LogP contribution in [0.15, 0.2) is 59.5 Å². The molecule has 3 rings (SSSR count). The van der Waals surface area contributed by atoms with Crippen molar-refractivity contribution in [1.82, 2.24) is 0 Å². The van der Waals surface area contributed by atoms with Gasteiger partial charge in [-0.2, -0.15) is 0 Å². The molecular formula is C22H23NO4S2. The van der Waals surface area contributed by atoms with Crippen LogP contribution in [0.5, 0.6) is 5.75 Å². The number of nitrogen functional groups attached to an aromatic ring is 1. The third-order valence-corrected chi connectivity index (χ3v) is 6.88. The highest BCUT2D eigenvalue weighted by atomic mass is 32.2. The van der Waals surface area contributed by atoms with Crippen molar-refractivity contribution in [2.75, 3.05) is 12.8 Å². The van der Waals surface area contributed by atoms with Crippen LogP contribution in [0.1, 0.15) is 26.1 Å². The van der Waals surface area contributed by atoms with Crippen LogP contribution in [0.3, 0.4) is 0 Å². The van der Waals surface area contributed by atoms with Gasteiger partial charge < -0.3 is 20.7 Å². The largest absolute Gasteiger partial charge is 0.497 e. The summed E-state index contributed by atoms with van der Waals surface area (Å²) in [5.74, 6) is -0.614. The van der Waals surface area contributed by atoms with Crippen LogP contribution in [0.4, 0.5) is 5.69 Å². The molecule has 0 aliphatic rings. The molecule has 0 fully saturated rings. The van der Waals surface area contributed by atoms with E-state index in [1.807, 2.05) is 18.2 Å². The number of hydrogen-bond donors (Lipinski definition) is 3. The zero-order chi connectivity index (χ0) is 21.0. The Labute approximate surface area is 178 Å². The van der Waals surface area contributed by atoms with Gasteiger partial charge in [-0.05, 0) is 54.4 Å². The molecule has 2 atom stereocenters. The quantitative estimate of drug-likeness (QED) is 0.360. The van der Waals surface area contributed by atoms with Gasteiger partial charge in [-0.25, -0.2) is 4.79 Å². The first kappa shape index (κ1) is 21.2. The van der Waals surface area contributed by atoms with E-state index in [-0.39, 0.29) is 0 Å². The van der Waals surface area contributed by atoms with Gasteiger partial charge in [-0.3, -0.25) is 0 Å². The Kier molecular flexibility index (Phi) is 6.84. The van der Waals surface area contributed by atoms with Crippen molar-refractivity contribution in [2.24, 2.45) is 0 Å². The Morgan fingerprint density at radius 2 is 1.90 bits per heavy atom. The number of carboxylic acid groups (broad SMARTS) is 1. The minimum atomic E-state index is -1.57. The number of hydrogen-bond acceptors (Lipinski definition) is 6. The van der Waals surface area contributed by atoms with E-state index in [0.29, 0.717) is 17.0 Å². The number of carboxylic acids is 1. The van der Waals surface area contributed by atoms with Crippen molar-refractivity contribution in [1.29, 1.82) is 0 Å². The third-order valence-electron chi connectivity index (χ3n) is 4.49. The van der Waals surface area contributed by atoms with Crippen molar-refractivity contribution < 1.29 is 19.7 Å². The molecule has 0 spiro atoms. The van der Waals surface area contributed by atoms with Crippen molar-refractivity contribution in [2.45, 2.75) is 29.6 Å². The van der Waals surface area contributed by atoms with Gasteiger partial charge >= 0.3 is 5.97 Å². The lowest BCUT2D eigenvalue weighted by Crippen LogP contribution is -2.26. The van der Waals surface area contributed by atoms with Crippen LogP contribution >= 0.6 is 23.1 Å². The summed E-state index contributed by atoms with van der Waals surface area (Å²) < 4.78 is 5.16. The summed E-state index contributed by atoms with van der Waals surface area (Å²) in [6.07, 6.45) is -0.794. The average molecular weight is 430 g/mol. The predicted molar refractivity (Wildman–Crippen MR) is 118 cm³/mol. The number of methoxy groups -OCH3 is 1. The van der Waals surface area contributed by atoms with E-state index in [1.54, 1.807) is 42.7 Å². The normalized spacial score (nSPS) is 13.1. The van der Waals surface area contributed by atoms with Crippen molar-refractivity contribution in [3.05, 3.63) is 75.5 Å². The Bertz CT molecular complexity index is 985. The number of thioether (sulfide) groups is 1. The first-order valence-corrected chi connectivity index (χ1v) is 10.7. The van der Waals surface area contributed by atoms with Gasteiger partial charge in [0.15, 0.2) is 6.10 Å². The summed E-state index contributed by atoms with van der Waals surface area (Å²) in [6.45, 7) is 2.07. The Morgan fingerprint density at radius 3 is 2.48 bits per heavy atom. The molecule has 0 saturated carbocycles. The van der Waals surface area contributed by atoms with Crippen molar-refractivity contribution in [3.8, 4) is 5.75 Å². The van der Waals surface area contributed by atoms with Crippen LogP contribution in [-0.2, 0) is 11.2 Å². The van der Waals surface area contributed by atoms with Crippen LogP contribution in [-0.4, -0.2) is 29.4 Å². The smallest absolute Gasteiger partial charge is 0.334 e. The fraction of sp³-hybridized carbons (Fsp3) is 0.227. The number of rotatable bonds is 8. The molecule has 0 unspecified atom stereocenters. The van der Waals surface area contributed by atoms with Crippen molar-refractivity contribution in [3.63, 3.8) is 0 Å². The molecule has 0 radical (unpaired) electrons. The fourth-order valence-electron chi connectivity index (χ4n) is 2.95. The zero-order valence-corrected chi connectivity index (χ0v) is 17.8. The first-order chi connectivity index (χ1) is 13.9.